The van der Waals surface area contributed by atoms with Crippen LogP contribution in [0.25, 0.3) is 10.4 Å². The molecule has 0 aliphatic heterocycles. The van der Waals surface area contributed by atoms with Crippen molar-refractivity contribution in [1.29, 1.82) is 0 Å². The standard InChI is InChI=1S/C14H15NO2S/c1-8(2)10-11(15)13(14(16)17)18-12(10)9-6-4-3-5-7-9/h3-8H,15H2,1-2H3,(H,16,17). The summed E-state index contributed by atoms with van der Waals surface area (Å²) < 4.78 is 0. The highest BCUT2D eigenvalue weighted by Crippen LogP contribution is 2.42. The van der Waals surface area contributed by atoms with Crippen LogP contribution in [0.1, 0.15) is 35.0 Å². The average Bonchev–Trinajstić information content (AvgIpc) is 2.68. The maximum atomic E-state index is 11.2. The summed E-state index contributed by atoms with van der Waals surface area (Å²) in [4.78, 5) is 12.4. The minimum Gasteiger partial charge on any atom is -0.477 e. The molecule has 3 N–H and O–H groups in total. The van der Waals surface area contributed by atoms with Gasteiger partial charge in [0.1, 0.15) is 4.88 Å². The van der Waals surface area contributed by atoms with Gasteiger partial charge in [-0.3, -0.25) is 0 Å². The van der Waals surface area contributed by atoms with Gasteiger partial charge in [-0.1, -0.05) is 44.2 Å². The van der Waals surface area contributed by atoms with Gasteiger partial charge in [0.15, 0.2) is 0 Å². The van der Waals surface area contributed by atoms with E-state index < -0.39 is 5.97 Å². The third-order valence-corrected chi connectivity index (χ3v) is 4.05. The highest BCUT2D eigenvalue weighted by Gasteiger charge is 2.22. The Balaban J connectivity index is 2.67. The van der Waals surface area contributed by atoms with Gasteiger partial charge in [-0.2, -0.15) is 0 Å². The predicted octanol–water partition coefficient (Wildman–Crippen LogP) is 3.82. The zero-order valence-corrected chi connectivity index (χ0v) is 11.1. The van der Waals surface area contributed by atoms with Gasteiger partial charge in [0.05, 0.1) is 5.69 Å². The van der Waals surface area contributed by atoms with Gasteiger partial charge < -0.3 is 10.8 Å². The van der Waals surface area contributed by atoms with E-state index in [1.807, 2.05) is 44.2 Å². The van der Waals surface area contributed by atoms with Crippen LogP contribution in [-0.2, 0) is 0 Å². The molecule has 2 aromatic rings. The van der Waals surface area contributed by atoms with Gasteiger partial charge in [0.25, 0.3) is 0 Å². The van der Waals surface area contributed by atoms with E-state index in [9.17, 15) is 4.79 Å². The Hall–Kier alpha value is -1.81. The fourth-order valence-electron chi connectivity index (χ4n) is 1.99. The van der Waals surface area contributed by atoms with Crippen molar-refractivity contribution in [3.8, 4) is 10.4 Å². The number of carboxylic acid groups (broad SMARTS) is 1. The van der Waals surface area contributed by atoms with Gasteiger partial charge in [-0.05, 0) is 17.0 Å². The molecule has 0 spiro atoms. The van der Waals surface area contributed by atoms with Crippen LogP contribution in [0.2, 0.25) is 0 Å². The first kappa shape index (κ1) is 12.6. The topological polar surface area (TPSA) is 63.3 Å². The molecule has 0 atom stereocenters. The maximum Gasteiger partial charge on any atom is 0.348 e. The molecule has 0 bridgehead atoms. The van der Waals surface area contributed by atoms with Crippen molar-refractivity contribution in [2.24, 2.45) is 0 Å². The lowest BCUT2D eigenvalue weighted by Gasteiger charge is -2.08. The first-order chi connectivity index (χ1) is 8.52. The number of hydrogen-bond acceptors (Lipinski definition) is 3. The Morgan fingerprint density at radius 1 is 1.28 bits per heavy atom. The van der Waals surface area contributed by atoms with E-state index in [0.717, 1.165) is 16.0 Å². The summed E-state index contributed by atoms with van der Waals surface area (Å²) in [7, 11) is 0. The Bertz CT molecular complexity index is 573. The Kier molecular flexibility index (Phi) is 3.39. The molecule has 0 saturated carbocycles. The van der Waals surface area contributed by atoms with Crippen LogP contribution in [0, 0.1) is 0 Å². The number of hydrogen-bond donors (Lipinski definition) is 2. The molecule has 0 aliphatic carbocycles. The quantitative estimate of drug-likeness (QED) is 0.882. The van der Waals surface area contributed by atoms with E-state index >= 15 is 0 Å². The van der Waals surface area contributed by atoms with Gasteiger partial charge in [-0.15, -0.1) is 11.3 Å². The van der Waals surface area contributed by atoms with Crippen molar-refractivity contribution in [2.45, 2.75) is 19.8 Å². The van der Waals surface area contributed by atoms with E-state index in [-0.39, 0.29) is 10.8 Å². The molecule has 0 fully saturated rings. The highest BCUT2D eigenvalue weighted by atomic mass is 32.1. The van der Waals surface area contributed by atoms with Gasteiger partial charge in [-0.25, -0.2) is 4.79 Å². The summed E-state index contributed by atoms with van der Waals surface area (Å²) in [5.74, 6) is -0.758. The zero-order valence-electron chi connectivity index (χ0n) is 10.3. The third-order valence-electron chi connectivity index (χ3n) is 2.79. The molecule has 2 rings (SSSR count). The second kappa shape index (κ2) is 4.82. The van der Waals surface area contributed by atoms with Crippen LogP contribution >= 0.6 is 11.3 Å². The van der Waals surface area contributed by atoms with E-state index in [2.05, 4.69) is 0 Å². The van der Waals surface area contributed by atoms with Crippen molar-refractivity contribution < 1.29 is 9.90 Å². The molecule has 1 heterocycles. The maximum absolute atomic E-state index is 11.2. The molecule has 1 aromatic heterocycles. The fraction of sp³-hybridized carbons (Fsp3) is 0.214. The number of benzene rings is 1. The van der Waals surface area contributed by atoms with Gasteiger partial charge >= 0.3 is 5.97 Å². The number of aromatic carboxylic acids is 1. The second-order valence-electron chi connectivity index (χ2n) is 4.41. The lowest BCUT2D eigenvalue weighted by Crippen LogP contribution is -2.00. The Labute approximate surface area is 110 Å². The smallest absolute Gasteiger partial charge is 0.348 e. The largest absolute Gasteiger partial charge is 0.477 e. The number of nitrogen functional groups attached to an aromatic ring is 1. The summed E-state index contributed by atoms with van der Waals surface area (Å²) >= 11 is 1.25. The molecule has 94 valence electrons. The predicted molar refractivity (Wildman–Crippen MR) is 75.2 cm³/mol. The molecule has 0 unspecified atom stereocenters. The van der Waals surface area contributed by atoms with Crippen molar-refractivity contribution in [3.63, 3.8) is 0 Å². The van der Waals surface area contributed by atoms with Crippen LogP contribution in [-0.4, -0.2) is 11.1 Å². The Morgan fingerprint density at radius 2 is 1.89 bits per heavy atom. The molecule has 0 radical (unpaired) electrons. The number of nitrogens with two attached hydrogens (primary N) is 1. The summed E-state index contributed by atoms with van der Waals surface area (Å²) in [6, 6.07) is 9.77. The number of thiophene rings is 1. The van der Waals surface area contributed by atoms with E-state index in [0.29, 0.717) is 5.69 Å². The minimum atomic E-state index is -0.957. The highest BCUT2D eigenvalue weighted by molar-refractivity contribution is 7.18. The summed E-state index contributed by atoms with van der Waals surface area (Å²) in [6.07, 6.45) is 0. The lowest BCUT2D eigenvalue weighted by molar-refractivity contribution is 0.0703. The Morgan fingerprint density at radius 3 is 2.39 bits per heavy atom. The molecule has 4 heteroatoms. The van der Waals surface area contributed by atoms with Crippen LogP contribution in [0.4, 0.5) is 5.69 Å². The number of carbonyl (C=O) groups is 1. The molecular weight excluding hydrogens is 246 g/mol. The number of anilines is 1. The second-order valence-corrected chi connectivity index (χ2v) is 5.43. The molecule has 18 heavy (non-hydrogen) atoms. The minimum absolute atomic E-state index is 0.199. The zero-order chi connectivity index (χ0) is 13.3. The van der Waals surface area contributed by atoms with Gasteiger partial charge in [0, 0.05) is 4.88 Å². The monoisotopic (exact) mass is 261 g/mol. The van der Waals surface area contributed by atoms with Gasteiger partial charge in [0.2, 0.25) is 0 Å². The number of carboxylic acids is 1. The molecule has 1 aromatic carbocycles. The normalized spacial score (nSPS) is 10.8. The van der Waals surface area contributed by atoms with Crippen LogP contribution < -0.4 is 5.73 Å². The van der Waals surface area contributed by atoms with Crippen LogP contribution in [0.3, 0.4) is 0 Å². The molecular formula is C14H15NO2S. The average molecular weight is 261 g/mol. The van der Waals surface area contributed by atoms with Crippen molar-refractivity contribution in [1.82, 2.24) is 0 Å². The van der Waals surface area contributed by atoms with E-state index in [1.165, 1.54) is 11.3 Å². The van der Waals surface area contributed by atoms with Crippen LogP contribution in [0.5, 0.6) is 0 Å². The molecule has 0 saturated heterocycles. The molecule has 0 aliphatic rings. The van der Waals surface area contributed by atoms with Crippen molar-refractivity contribution in [3.05, 3.63) is 40.8 Å². The molecule has 3 nitrogen and oxygen atoms in total. The first-order valence-corrected chi connectivity index (χ1v) is 6.55. The van der Waals surface area contributed by atoms with Crippen molar-refractivity contribution >= 4 is 23.0 Å². The lowest BCUT2D eigenvalue weighted by atomic mass is 9.98. The SMILES string of the molecule is CC(C)c1c(-c2ccccc2)sc(C(=O)O)c1N. The summed E-state index contributed by atoms with van der Waals surface area (Å²) in [5.41, 5.74) is 8.33. The summed E-state index contributed by atoms with van der Waals surface area (Å²) in [6.45, 7) is 4.05. The van der Waals surface area contributed by atoms with E-state index in [4.69, 9.17) is 10.8 Å². The van der Waals surface area contributed by atoms with Crippen LogP contribution in [0.15, 0.2) is 30.3 Å². The summed E-state index contributed by atoms with van der Waals surface area (Å²) in [5, 5.41) is 9.16. The van der Waals surface area contributed by atoms with E-state index in [1.54, 1.807) is 0 Å². The molecule has 0 amide bonds. The first-order valence-electron chi connectivity index (χ1n) is 5.73. The van der Waals surface area contributed by atoms with Crippen molar-refractivity contribution in [2.75, 3.05) is 5.73 Å². The fourth-order valence-corrected chi connectivity index (χ4v) is 3.21. The number of rotatable bonds is 3. The third kappa shape index (κ3) is 2.11.